The monoisotopic (exact) mass is 466 g/mol. The number of amides is 4. The Labute approximate surface area is 195 Å². The molecule has 0 unspecified atom stereocenters. The number of rotatable bonds is 4. The summed E-state index contributed by atoms with van der Waals surface area (Å²) in [7, 11) is 0. The summed E-state index contributed by atoms with van der Waals surface area (Å²) in [5.74, 6) is -3.83. The number of anilines is 1. The van der Waals surface area contributed by atoms with E-state index in [2.05, 4.69) is 10.6 Å². The highest BCUT2D eigenvalue weighted by molar-refractivity contribution is 6.31. The topological polar surface area (TPSA) is 122 Å². The summed E-state index contributed by atoms with van der Waals surface area (Å²) in [5.41, 5.74) is 7.75. The molecular weight excluding hydrogens is 444 g/mol. The summed E-state index contributed by atoms with van der Waals surface area (Å²) in [6.07, 6.45) is -0.171. The number of hydrogen-bond acceptors (Lipinski definition) is 5. The van der Waals surface area contributed by atoms with Crippen molar-refractivity contribution < 1.29 is 19.2 Å². The molecule has 8 nitrogen and oxygen atoms in total. The number of likely N-dealkylation sites (tertiary alicyclic amines) is 1. The normalized spacial score (nSPS) is 27.8. The molecule has 33 heavy (non-hydrogen) atoms. The highest BCUT2D eigenvalue weighted by atomic mass is 35.5. The molecule has 170 valence electrons. The van der Waals surface area contributed by atoms with Gasteiger partial charge < -0.3 is 11.1 Å². The van der Waals surface area contributed by atoms with Gasteiger partial charge in [0.25, 0.3) is 0 Å². The van der Waals surface area contributed by atoms with E-state index in [9.17, 15) is 19.2 Å². The Morgan fingerprint density at radius 3 is 2.55 bits per heavy atom. The minimum Gasteiger partial charge on any atom is -0.370 e. The second kappa shape index (κ2) is 7.40. The van der Waals surface area contributed by atoms with Crippen LogP contribution in [-0.4, -0.2) is 34.6 Å². The van der Waals surface area contributed by atoms with Crippen molar-refractivity contribution in [3.63, 3.8) is 0 Å². The van der Waals surface area contributed by atoms with Crippen molar-refractivity contribution in [2.24, 2.45) is 17.6 Å². The van der Waals surface area contributed by atoms with Gasteiger partial charge >= 0.3 is 0 Å². The minimum absolute atomic E-state index is 0.00882. The van der Waals surface area contributed by atoms with Gasteiger partial charge in [-0.2, -0.15) is 0 Å². The van der Waals surface area contributed by atoms with Crippen LogP contribution in [0.5, 0.6) is 0 Å². The summed E-state index contributed by atoms with van der Waals surface area (Å²) in [4.78, 5) is 53.7. The lowest BCUT2D eigenvalue weighted by atomic mass is 9.76. The second-order valence-electron chi connectivity index (χ2n) is 8.97. The van der Waals surface area contributed by atoms with E-state index in [-0.39, 0.29) is 13.0 Å². The number of benzene rings is 2. The van der Waals surface area contributed by atoms with Crippen LogP contribution in [-0.2, 0) is 31.3 Å². The van der Waals surface area contributed by atoms with E-state index in [4.69, 9.17) is 17.3 Å². The zero-order valence-corrected chi connectivity index (χ0v) is 18.9. The van der Waals surface area contributed by atoms with Crippen molar-refractivity contribution in [2.45, 2.75) is 38.4 Å². The van der Waals surface area contributed by atoms with Crippen LogP contribution in [0.3, 0.4) is 0 Å². The van der Waals surface area contributed by atoms with Crippen molar-refractivity contribution in [2.75, 3.05) is 5.32 Å². The third-order valence-electron chi connectivity index (χ3n) is 7.22. The molecule has 0 aliphatic carbocycles. The average Bonchev–Trinajstić information content (AvgIpc) is 3.33. The predicted octanol–water partition coefficient (Wildman–Crippen LogP) is 1.75. The van der Waals surface area contributed by atoms with Crippen LogP contribution < -0.4 is 16.4 Å². The fraction of sp³-hybridized carbons (Fsp3) is 0.333. The summed E-state index contributed by atoms with van der Waals surface area (Å²) >= 11 is 6.27. The zero-order chi connectivity index (χ0) is 23.7. The number of fused-ring (bicyclic) bond motifs is 4. The smallest absolute Gasteiger partial charge is 0.250 e. The van der Waals surface area contributed by atoms with Crippen LogP contribution >= 0.6 is 11.6 Å². The van der Waals surface area contributed by atoms with E-state index in [1.807, 2.05) is 19.9 Å². The van der Waals surface area contributed by atoms with Gasteiger partial charge in [0, 0.05) is 28.7 Å². The highest BCUT2D eigenvalue weighted by Crippen LogP contribution is 2.54. The molecule has 4 N–H and O–H groups in total. The Bertz CT molecular complexity index is 1240. The molecule has 3 heterocycles. The predicted molar refractivity (Wildman–Crippen MR) is 121 cm³/mol. The molecule has 9 heteroatoms. The zero-order valence-electron chi connectivity index (χ0n) is 18.1. The van der Waals surface area contributed by atoms with Crippen LogP contribution in [0.1, 0.15) is 28.7 Å². The number of carbonyl (C=O) groups is 4. The Morgan fingerprint density at radius 1 is 1.12 bits per heavy atom. The maximum atomic E-state index is 13.7. The molecule has 2 saturated heterocycles. The lowest BCUT2D eigenvalue weighted by Crippen LogP contribution is -2.53. The first-order valence-corrected chi connectivity index (χ1v) is 11.1. The Hall–Kier alpha value is -3.23. The van der Waals surface area contributed by atoms with Crippen LogP contribution in [0, 0.1) is 25.7 Å². The quantitative estimate of drug-likeness (QED) is 0.593. The van der Waals surface area contributed by atoms with Crippen LogP contribution in [0.2, 0.25) is 5.02 Å². The molecule has 0 radical (unpaired) electrons. The number of nitrogens with one attached hydrogen (secondary N) is 2. The molecule has 4 atom stereocenters. The second-order valence-corrected chi connectivity index (χ2v) is 9.38. The van der Waals surface area contributed by atoms with Gasteiger partial charge in [-0.05, 0) is 36.6 Å². The molecule has 2 fully saturated rings. The van der Waals surface area contributed by atoms with Crippen molar-refractivity contribution >= 4 is 40.9 Å². The van der Waals surface area contributed by atoms with Crippen LogP contribution in [0.25, 0.3) is 0 Å². The summed E-state index contributed by atoms with van der Waals surface area (Å²) in [6.45, 7) is 3.82. The molecule has 2 aromatic carbocycles. The summed E-state index contributed by atoms with van der Waals surface area (Å²) in [5, 5.41) is 6.55. The van der Waals surface area contributed by atoms with Gasteiger partial charge in [-0.1, -0.05) is 41.9 Å². The molecule has 0 bridgehead atoms. The number of hydrogen-bond donors (Lipinski definition) is 3. The van der Waals surface area contributed by atoms with Gasteiger partial charge in [0.15, 0.2) is 0 Å². The number of aryl methyl sites for hydroxylation is 1. The van der Waals surface area contributed by atoms with Gasteiger partial charge in [-0.25, -0.2) is 0 Å². The standard InChI is InChI=1S/C24H23ClN4O4/c1-11-7-8-14-20(12(11)2)27-23(33)24(14)19-18(16(28-24)9-17(26)30)21(31)29(22(19)32)10-13-5-3-4-6-15(13)25/h3-8,16,18-19,28H,9-10H2,1-2H3,(H2,26,30)(H,27,33)/t16-,18-,19+,24-/m1/s1. The van der Waals surface area contributed by atoms with Gasteiger partial charge in [0.2, 0.25) is 23.6 Å². The lowest BCUT2D eigenvalue weighted by Gasteiger charge is -2.29. The molecule has 5 rings (SSSR count). The van der Waals surface area contributed by atoms with Gasteiger partial charge in [0.05, 0.1) is 18.4 Å². The lowest BCUT2D eigenvalue weighted by molar-refractivity contribution is -0.143. The van der Waals surface area contributed by atoms with Crippen molar-refractivity contribution in [3.05, 3.63) is 63.7 Å². The first-order chi connectivity index (χ1) is 15.7. The number of imide groups is 1. The Morgan fingerprint density at radius 2 is 1.85 bits per heavy atom. The van der Waals surface area contributed by atoms with E-state index >= 15 is 0 Å². The first kappa shape index (κ1) is 21.6. The average molecular weight is 467 g/mol. The molecule has 2 aromatic rings. The molecule has 0 aromatic heterocycles. The summed E-state index contributed by atoms with van der Waals surface area (Å²) < 4.78 is 0. The number of halogens is 1. The van der Waals surface area contributed by atoms with E-state index in [1.165, 1.54) is 0 Å². The fourth-order valence-corrected chi connectivity index (χ4v) is 5.72. The van der Waals surface area contributed by atoms with Crippen LogP contribution in [0.4, 0.5) is 5.69 Å². The first-order valence-electron chi connectivity index (χ1n) is 10.7. The van der Waals surface area contributed by atoms with E-state index in [1.54, 1.807) is 30.3 Å². The van der Waals surface area contributed by atoms with Crippen molar-refractivity contribution in [1.29, 1.82) is 0 Å². The van der Waals surface area contributed by atoms with E-state index in [0.717, 1.165) is 16.0 Å². The Balaban J connectivity index is 1.63. The molecule has 4 amide bonds. The maximum Gasteiger partial charge on any atom is 0.250 e. The largest absolute Gasteiger partial charge is 0.370 e. The molecule has 0 saturated carbocycles. The number of primary amides is 1. The molecule has 3 aliphatic heterocycles. The molecule has 1 spiro atoms. The SMILES string of the molecule is Cc1ccc2c(c1C)NC(=O)[C@@]21N[C@H](CC(N)=O)[C@H]2C(=O)N(Cc3ccccc3Cl)C(=O)[C@H]21. The Kier molecular flexibility index (Phi) is 4.84. The van der Waals surface area contributed by atoms with Crippen molar-refractivity contribution in [3.8, 4) is 0 Å². The minimum atomic E-state index is -1.46. The van der Waals surface area contributed by atoms with Gasteiger partial charge in [-0.15, -0.1) is 0 Å². The number of nitrogens with zero attached hydrogens (tertiary/aromatic N) is 1. The molecular formula is C24H23ClN4O4. The third-order valence-corrected chi connectivity index (χ3v) is 7.59. The number of carbonyl (C=O) groups excluding carboxylic acids is 4. The van der Waals surface area contributed by atoms with Crippen molar-refractivity contribution in [1.82, 2.24) is 10.2 Å². The van der Waals surface area contributed by atoms with Crippen LogP contribution in [0.15, 0.2) is 36.4 Å². The maximum absolute atomic E-state index is 13.7. The molecule has 3 aliphatic rings. The van der Waals surface area contributed by atoms with Gasteiger partial charge in [0.1, 0.15) is 5.54 Å². The summed E-state index contributed by atoms with van der Waals surface area (Å²) in [6, 6.07) is 9.91. The third kappa shape index (κ3) is 2.94. The van der Waals surface area contributed by atoms with E-state index < -0.39 is 47.0 Å². The van der Waals surface area contributed by atoms with Gasteiger partial charge in [-0.3, -0.25) is 29.4 Å². The number of nitrogens with two attached hydrogens (primary N) is 1. The fourth-order valence-electron chi connectivity index (χ4n) is 5.52. The van der Waals surface area contributed by atoms with E-state index in [0.29, 0.717) is 21.8 Å². The highest BCUT2D eigenvalue weighted by Gasteiger charge is 2.70.